The van der Waals surface area contributed by atoms with E-state index < -0.39 is 17.1 Å². The van der Waals surface area contributed by atoms with Crippen LogP contribution in [0.2, 0.25) is 0 Å². The van der Waals surface area contributed by atoms with Crippen LogP contribution < -0.4 is 5.73 Å². The monoisotopic (exact) mass is 231 g/mol. The molecular weight excluding hydrogens is 210 g/mol. The zero-order chi connectivity index (χ0) is 13.0. The number of ether oxygens (including phenoxy) is 2. The van der Waals surface area contributed by atoms with Crippen LogP contribution in [0.1, 0.15) is 40.5 Å². The molecule has 94 valence electrons. The molecule has 5 heteroatoms. The van der Waals surface area contributed by atoms with Gasteiger partial charge < -0.3 is 15.2 Å². The number of esters is 2. The fourth-order valence-electron chi connectivity index (χ4n) is 1.09. The van der Waals surface area contributed by atoms with E-state index in [9.17, 15) is 9.59 Å². The summed E-state index contributed by atoms with van der Waals surface area (Å²) in [4.78, 5) is 22.6. The van der Waals surface area contributed by atoms with Crippen molar-refractivity contribution in [3.8, 4) is 0 Å². The Labute approximate surface area is 96.3 Å². The first-order chi connectivity index (χ1) is 7.08. The van der Waals surface area contributed by atoms with Crippen LogP contribution >= 0.6 is 0 Å². The Morgan fingerprint density at radius 3 is 2.06 bits per heavy atom. The lowest BCUT2D eigenvalue weighted by Gasteiger charge is -2.23. The first-order valence-corrected chi connectivity index (χ1v) is 5.17. The van der Waals surface area contributed by atoms with E-state index in [0.29, 0.717) is 0 Å². The molecule has 0 radical (unpaired) electrons. The van der Waals surface area contributed by atoms with Crippen molar-refractivity contribution in [2.45, 2.75) is 51.7 Å². The average molecular weight is 231 g/mol. The van der Waals surface area contributed by atoms with Crippen molar-refractivity contribution in [2.75, 3.05) is 7.11 Å². The van der Waals surface area contributed by atoms with Gasteiger partial charge in [-0.2, -0.15) is 0 Å². The van der Waals surface area contributed by atoms with Crippen LogP contribution in [-0.4, -0.2) is 30.2 Å². The van der Waals surface area contributed by atoms with Gasteiger partial charge in [0.2, 0.25) is 0 Å². The molecule has 0 aliphatic rings. The van der Waals surface area contributed by atoms with Gasteiger partial charge in [-0.3, -0.25) is 9.59 Å². The van der Waals surface area contributed by atoms with Crippen LogP contribution in [0.5, 0.6) is 0 Å². The number of carbonyl (C=O) groups is 2. The minimum absolute atomic E-state index is 0.0966. The third-order valence-corrected chi connectivity index (χ3v) is 1.92. The Balaban J connectivity index is 4.15. The van der Waals surface area contributed by atoms with Gasteiger partial charge in [0.15, 0.2) is 0 Å². The fourth-order valence-corrected chi connectivity index (χ4v) is 1.09. The van der Waals surface area contributed by atoms with Gasteiger partial charge >= 0.3 is 11.9 Å². The largest absolute Gasteiger partial charge is 0.468 e. The summed E-state index contributed by atoms with van der Waals surface area (Å²) in [6.45, 7) is 6.88. The highest BCUT2D eigenvalue weighted by Gasteiger charge is 2.30. The van der Waals surface area contributed by atoms with Gasteiger partial charge in [-0.05, 0) is 34.1 Å². The number of methoxy groups -OCH3 is 1. The van der Waals surface area contributed by atoms with E-state index in [1.54, 1.807) is 20.8 Å². The van der Waals surface area contributed by atoms with Crippen molar-refractivity contribution >= 4 is 11.9 Å². The van der Waals surface area contributed by atoms with Crippen LogP contribution in [0.4, 0.5) is 0 Å². The Morgan fingerprint density at radius 2 is 1.69 bits per heavy atom. The normalized spacial score (nSPS) is 15.1. The van der Waals surface area contributed by atoms with Crippen molar-refractivity contribution < 1.29 is 19.1 Å². The Bertz CT molecular complexity index is 266. The maximum atomic E-state index is 11.4. The number of carbonyl (C=O) groups excluding carboxylic acids is 2. The highest BCUT2D eigenvalue weighted by Crippen LogP contribution is 2.14. The van der Waals surface area contributed by atoms with Crippen molar-refractivity contribution in [2.24, 2.45) is 5.73 Å². The number of hydrogen-bond donors (Lipinski definition) is 1. The minimum atomic E-state index is -1.15. The summed E-state index contributed by atoms with van der Waals surface area (Å²) in [7, 11) is 1.26. The lowest BCUT2D eigenvalue weighted by molar-refractivity contribution is -0.155. The van der Waals surface area contributed by atoms with Gasteiger partial charge in [0.1, 0.15) is 11.1 Å². The number of nitrogens with two attached hydrogens (primary N) is 1. The van der Waals surface area contributed by atoms with Crippen molar-refractivity contribution in [3.63, 3.8) is 0 Å². The van der Waals surface area contributed by atoms with Crippen LogP contribution in [0, 0.1) is 0 Å². The molecule has 0 aliphatic carbocycles. The Hall–Kier alpha value is -1.10. The molecule has 0 fully saturated rings. The van der Waals surface area contributed by atoms with Gasteiger partial charge in [-0.15, -0.1) is 0 Å². The highest BCUT2D eigenvalue weighted by atomic mass is 16.6. The summed E-state index contributed by atoms with van der Waals surface area (Å²) < 4.78 is 9.63. The van der Waals surface area contributed by atoms with Gasteiger partial charge in [0.25, 0.3) is 0 Å². The molecule has 0 aromatic heterocycles. The Kier molecular flexibility index (Phi) is 4.93. The molecule has 1 atom stereocenters. The van der Waals surface area contributed by atoms with Gasteiger partial charge in [-0.25, -0.2) is 0 Å². The SMILES string of the molecule is COC(=O)C(C)(N)CCC(=O)OC(C)(C)C. The van der Waals surface area contributed by atoms with E-state index in [1.165, 1.54) is 14.0 Å². The molecule has 0 rings (SSSR count). The van der Waals surface area contributed by atoms with Crippen molar-refractivity contribution in [1.82, 2.24) is 0 Å². The molecule has 0 aromatic rings. The van der Waals surface area contributed by atoms with E-state index in [4.69, 9.17) is 10.5 Å². The van der Waals surface area contributed by atoms with E-state index in [2.05, 4.69) is 4.74 Å². The summed E-state index contributed by atoms with van der Waals surface area (Å²) in [5, 5.41) is 0. The molecule has 0 bridgehead atoms. The standard InChI is InChI=1S/C11H21NO4/c1-10(2,3)16-8(13)6-7-11(4,12)9(14)15-5/h6-7,12H2,1-5H3. The summed E-state index contributed by atoms with van der Waals surface area (Å²) in [6.07, 6.45) is 0.300. The quantitative estimate of drug-likeness (QED) is 0.730. The second-order valence-corrected chi connectivity index (χ2v) is 5.00. The average Bonchev–Trinajstić information content (AvgIpc) is 2.11. The first-order valence-electron chi connectivity index (χ1n) is 5.17. The molecule has 0 saturated carbocycles. The maximum absolute atomic E-state index is 11.4. The summed E-state index contributed by atoms with van der Waals surface area (Å²) >= 11 is 0. The summed E-state index contributed by atoms with van der Waals surface area (Å²) in [5.41, 5.74) is 4.03. The predicted molar refractivity (Wildman–Crippen MR) is 59.7 cm³/mol. The van der Waals surface area contributed by atoms with E-state index in [1.807, 2.05) is 0 Å². The number of rotatable bonds is 4. The predicted octanol–water partition coefficient (Wildman–Crippen LogP) is 0.999. The van der Waals surface area contributed by atoms with Crippen LogP contribution in [0.25, 0.3) is 0 Å². The Morgan fingerprint density at radius 1 is 1.19 bits per heavy atom. The molecule has 0 aromatic carbocycles. The van der Waals surface area contributed by atoms with E-state index >= 15 is 0 Å². The molecule has 0 spiro atoms. The molecular formula is C11H21NO4. The van der Waals surface area contributed by atoms with Gasteiger partial charge in [0.05, 0.1) is 7.11 Å². The molecule has 16 heavy (non-hydrogen) atoms. The summed E-state index contributed by atoms with van der Waals surface area (Å²) in [5.74, 6) is -0.899. The van der Waals surface area contributed by atoms with Crippen LogP contribution in [0.3, 0.4) is 0 Å². The highest BCUT2D eigenvalue weighted by molar-refractivity contribution is 5.81. The fraction of sp³-hybridized carbons (Fsp3) is 0.818. The molecule has 1 unspecified atom stereocenters. The van der Waals surface area contributed by atoms with Crippen molar-refractivity contribution in [3.05, 3.63) is 0 Å². The zero-order valence-corrected chi connectivity index (χ0v) is 10.6. The molecule has 2 N–H and O–H groups in total. The first kappa shape index (κ1) is 14.9. The maximum Gasteiger partial charge on any atom is 0.325 e. The van der Waals surface area contributed by atoms with Gasteiger partial charge in [0, 0.05) is 6.42 Å². The molecule has 0 heterocycles. The smallest absolute Gasteiger partial charge is 0.325 e. The van der Waals surface area contributed by atoms with E-state index in [-0.39, 0.29) is 18.8 Å². The lowest BCUT2D eigenvalue weighted by atomic mass is 9.97. The van der Waals surface area contributed by atoms with E-state index in [0.717, 1.165) is 0 Å². The van der Waals surface area contributed by atoms with Crippen LogP contribution in [0.15, 0.2) is 0 Å². The third kappa shape index (κ3) is 5.70. The molecule has 0 aliphatic heterocycles. The van der Waals surface area contributed by atoms with Gasteiger partial charge in [-0.1, -0.05) is 0 Å². The molecule has 0 amide bonds. The number of hydrogen-bond acceptors (Lipinski definition) is 5. The van der Waals surface area contributed by atoms with Crippen molar-refractivity contribution in [1.29, 1.82) is 0 Å². The second kappa shape index (κ2) is 5.30. The zero-order valence-electron chi connectivity index (χ0n) is 10.6. The molecule has 0 saturated heterocycles. The minimum Gasteiger partial charge on any atom is -0.468 e. The summed E-state index contributed by atoms with van der Waals surface area (Å²) in [6, 6.07) is 0. The second-order valence-electron chi connectivity index (χ2n) is 5.00. The van der Waals surface area contributed by atoms with Crippen LogP contribution in [-0.2, 0) is 19.1 Å². The lowest BCUT2D eigenvalue weighted by Crippen LogP contribution is -2.46. The third-order valence-electron chi connectivity index (χ3n) is 1.92. The topological polar surface area (TPSA) is 78.6 Å². The molecule has 5 nitrogen and oxygen atoms in total.